The Hall–Kier alpha value is -2.67. The van der Waals surface area contributed by atoms with Crippen LogP contribution in [-0.4, -0.2) is 42.7 Å². The van der Waals surface area contributed by atoms with Crippen molar-refractivity contribution in [3.63, 3.8) is 0 Å². The highest BCUT2D eigenvalue weighted by Crippen LogP contribution is 2.30. The minimum Gasteiger partial charge on any atom is -0.353 e. The zero-order chi connectivity index (χ0) is 17.6. The average Bonchev–Trinajstić information content (AvgIpc) is 2.63. The minimum absolute atomic E-state index is 0.513. The number of rotatable bonds is 6. The SMILES string of the molecule is Cc1ccc(-c2nc(NCC[S@@](C)=O)ncc2-c2ccncc2)cn1. The maximum absolute atomic E-state index is 11.2. The summed E-state index contributed by atoms with van der Waals surface area (Å²) in [4.78, 5) is 17.5. The number of hydrogen-bond acceptors (Lipinski definition) is 6. The molecule has 3 rings (SSSR count). The summed E-state index contributed by atoms with van der Waals surface area (Å²) in [6.07, 6.45) is 8.78. The van der Waals surface area contributed by atoms with Gasteiger partial charge in [0.1, 0.15) is 0 Å². The predicted octanol–water partition coefficient (Wildman–Crippen LogP) is 2.70. The van der Waals surface area contributed by atoms with Crippen LogP contribution in [0, 0.1) is 6.92 Å². The molecule has 128 valence electrons. The van der Waals surface area contributed by atoms with E-state index in [9.17, 15) is 4.21 Å². The Balaban J connectivity index is 2.00. The number of aromatic nitrogens is 4. The molecule has 1 N–H and O–H groups in total. The van der Waals surface area contributed by atoms with E-state index in [4.69, 9.17) is 0 Å². The molecule has 3 aromatic heterocycles. The highest BCUT2D eigenvalue weighted by Gasteiger charge is 2.12. The van der Waals surface area contributed by atoms with Crippen LogP contribution in [-0.2, 0) is 10.8 Å². The fourth-order valence-corrected chi connectivity index (χ4v) is 2.73. The van der Waals surface area contributed by atoms with Gasteiger partial charge in [-0.2, -0.15) is 0 Å². The molecular weight excluding hydrogens is 334 g/mol. The van der Waals surface area contributed by atoms with E-state index < -0.39 is 10.8 Å². The van der Waals surface area contributed by atoms with E-state index in [-0.39, 0.29) is 0 Å². The van der Waals surface area contributed by atoms with Crippen LogP contribution < -0.4 is 5.32 Å². The Labute approximate surface area is 149 Å². The lowest BCUT2D eigenvalue weighted by atomic mass is 10.0. The molecule has 0 bridgehead atoms. The van der Waals surface area contributed by atoms with Crippen LogP contribution >= 0.6 is 0 Å². The zero-order valence-electron chi connectivity index (χ0n) is 14.1. The monoisotopic (exact) mass is 353 g/mol. The molecule has 0 amide bonds. The molecule has 0 radical (unpaired) electrons. The topological polar surface area (TPSA) is 80.7 Å². The van der Waals surface area contributed by atoms with E-state index in [2.05, 4.69) is 25.3 Å². The van der Waals surface area contributed by atoms with E-state index in [1.54, 1.807) is 24.8 Å². The molecule has 0 spiro atoms. The maximum atomic E-state index is 11.2. The van der Waals surface area contributed by atoms with Crippen LogP contribution in [0.3, 0.4) is 0 Å². The van der Waals surface area contributed by atoms with Crippen molar-refractivity contribution in [3.8, 4) is 22.4 Å². The van der Waals surface area contributed by atoms with Gasteiger partial charge in [-0.05, 0) is 36.8 Å². The first-order valence-corrected chi connectivity index (χ1v) is 9.60. The first kappa shape index (κ1) is 17.2. The Morgan fingerprint density at radius 1 is 1.04 bits per heavy atom. The number of hydrogen-bond donors (Lipinski definition) is 1. The van der Waals surface area contributed by atoms with Crippen LogP contribution in [0.15, 0.2) is 49.1 Å². The Kier molecular flexibility index (Phi) is 5.45. The van der Waals surface area contributed by atoms with Crippen molar-refractivity contribution in [1.82, 2.24) is 19.9 Å². The van der Waals surface area contributed by atoms with Crippen molar-refractivity contribution in [2.24, 2.45) is 0 Å². The molecular formula is C18H19N5OS. The lowest BCUT2D eigenvalue weighted by molar-refractivity contribution is 0.687. The highest BCUT2D eigenvalue weighted by atomic mass is 32.2. The summed E-state index contributed by atoms with van der Waals surface area (Å²) < 4.78 is 11.2. The van der Waals surface area contributed by atoms with Gasteiger partial charge in [0, 0.05) is 71.0 Å². The van der Waals surface area contributed by atoms with Crippen molar-refractivity contribution in [2.75, 3.05) is 23.9 Å². The summed E-state index contributed by atoms with van der Waals surface area (Å²) >= 11 is 0. The number of nitrogens with one attached hydrogen (secondary N) is 1. The quantitative estimate of drug-likeness (QED) is 0.734. The summed E-state index contributed by atoms with van der Waals surface area (Å²) in [5.74, 6) is 1.07. The first-order valence-electron chi connectivity index (χ1n) is 7.88. The molecule has 0 aromatic carbocycles. The molecule has 0 aliphatic carbocycles. The molecule has 3 aromatic rings. The van der Waals surface area contributed by atoms with Crippen molar-refractivity contribution < 1.29 is 4.21 Å². The van der Waals surface area contributed by atoms with E-state index in [0.29, 0.717) is 18.2 Å². The molecule has 0 aliphatic heterocycles. The summed E-state index contributed by atoms with van der Waals surface area (Å²) in [6.45, 7) is 2.51. The number of aryl methyl sites for hydroxylation is 1. The third kappa shape index (κ3) is 4.45. The van der Waals surface area contributed by atoms with E-state index >= 15 is 0 Å². The number of pyridine rings is 2. The second-order valence-electron chi connectivity index (χ2n) is 5.58. The third-order valence-corrected chi connectivity index (χ3v) is 4.42. The van der Waals surface area contributed by atoms with E-state index in [1.165, 1.54) is 0 Å². The Morgan fingerprint density at radius 2 is 1.84 bits per heavy atom. The van der Waals surface area contributed by atoms with Gasteiger partial charge in [0.15, 0.2) is 0 Å². The maximum Gasteiger partial charge on any atom is 0.223 e. The predicted molar refractivity (Wildman–Crippen MR) is 101 cm³/mol. The molecule has 0 saturated carbocycles. The summed E-state index contributed by atoms with van der Waals surface area (Å²) in [5, 5.41) is 3.13. The second-order valence-corrected chi connectivity index (χ2v) is 7.14. The minimum atomic E-state index is -0.852. The molecule has 0 saturated heterocycles. The van der Waals surface area contributed by atoms with Gasteiger partial charge < -0.3 is 5.32 Å². The first-order chi connectivity index (χ1) is 12.1. The lowest BCUT2D eigenvalue weighted by Crippen LogP contribution is -2.12. The molecule has 25 heavy (non-hydrogen) atoms. The van der Waals surface area contributed by atoms with Crippen molar-refractivity contribution in [1.29, 1.82) is 0 Å². The third-order valence-electron chi connectivity index (χ3n) is 3.64. The fourth-order valence-electron chi connectivity index (χ4n) is 2.34. The second kappa shape index (κ2) is 7.94. The summed E-state index contributed by atoms with van der Waals surface area (Å²) in [5.41, 5.74) is 4.58. The Bertz CT molecular complexity index is 868. The lowest BCUT2D eigenvalue weighted by Gasteiger charge is -2.11. The van der Waals surface area contributed by atoms with Gasteiger partial charge in [-0.3, -0.25) is 14.2 Å². The van der Waals surface area contributed by atoms with Crippen LogP contribution in [0.25, 0.3) is 22.4 Å². The van der Waals surface area contributed by atoms with Gasteiger partial charge >= 0.3 is 0 Å². The van der Waals surface area contributed by atoms with Crippen LogP contribution in [0.4, 0.5) is 5.95 Å². The molecule has 0 fully saturated rings. The standard InChI is InChI=1S/C18H19N5OS/c1-13-3-4-15(11-21-13)17-16(14-5-7-19-8-6-14)12-22-18(23-17)20-9-10-25(2)24/h3-8,11-12H,9-10H2,1-2H3,(H,20,22,23)/t25-/m1/s1. The molecule has 7 heteroatoms. The molecule has 0 unspecified atom stereocenters. The molecule has 0 aliphatic rings. The largest absolute Gasteiger partial charge is 0.353 e. The van der Waals surface area contributed by atoms with Crippen LogP contribution in [0.1, 0.15) is 5.69 Å². The average molecular weight is 353 g/mol. The normalized spacial score (nSPS) is 11.9. The van der Waals surface area contributed by atoms with E-state index in [0.717, 1.165) is 28.1 Å². The molecule has 1 atom stereocenters. The zero-order valence-corrected chi connectivity index (χ0v) is 15.0. The van der Waals surface area contributed by atoms with Crippen LogP contribution in [0.5, 0.6) is 0 Å². The molecule has 3 heterocycles. The van der Waals surface area contributed by atoms with Gasteiger partial charge in [0.05, 0.1) is 5.69 Å². The molecule has 6 nitrogen and oxygen atoms in total. The van der Waals surface area contributed by atoms with Crippen LogP contribution in [0.2, 0.25) is 0 Å². The fraction of sp³-hybridized carbons (Fsp3) is 0.222. The number of nitrogens with zero attached hydrogens (tertiary/aromatic N) is 4. The van der Waals surface area contributed by atoms with Crippen molar-refractivity contribution in [3.05, 3.63) is 54.7 Å². The van der Waals surface area contributed by atoms with Gasteiger partial charge in [-0.25, -0.2) is 9.97 Å². The van der Waals surface area contributed by atoms with Gasteiger partial charge in [-0.15, -0.1) is 0 Å². The van der Waals surface area contributed by atoms with Crippen molar-refractivity contribution in [2.45, 2.75) is 6.92 Å². The van der Waals surface area contributed by atoms with Gasteiger partial charge in [0.25, 0.3) is 0 Å². The smallest absolute Gasteiger partial charge is 0.223 e. The van der Waals surface area contributed by atoms with E-state index in [1.807, 2.05) is 37.4 Å². The van der Waals surface area contributed by atoms with Gasteiger partial charge in [0.2, 0.25) is 5.95 Å². The number of anilines is 1. The summed E-state index contributed by atoms with van der Waals surface area (Å²) in [6, 6.07) is 7.82. The van der Waals surface area contributed by atoms with Crippen molar-refractivity contribution >= 4 is 16.7 Å². The Morgan fingerprint density at radius 3 is 2.52 bits per heavy atom. The summed E-state index contributed by atoms with van der Waals surface area (Å²) in [7, 11) is -0.852. The highest BCUT2D eigenvalue weighted by molar-refractivity contribution is 7.84. The van der Waals surface area contributed by atoms with Gasteiger partial charge in [-0.1, -0.05) is 0 Å².